The van der Waals surface area contributed by atoms with E-state index in [2.05, 4.69) is 10.2 Å². The van der Waals surface area contributed by atoms with Crippen molar-refractivity contribution in [2.75, 3.05) is 0 Å². The van der Waals surface area contributed by atoms with Gasteiger partial charge in [0.1, 0.15) is 11.0 Å². The number of ether oxygens (including phenoxy) is 1. The molecule has 0 radical (unpaired) electrons. The van der Waals surface area contributed by atoms with Crippen molar-refractivity contribution in [1.29, 1.82) is 5.26 Å². The highest BCUT2D eigenvalue weighted by atomic mass is 35.5. The van der Waals surface area contributed by atoms with Crippen LogP contribution in [-0.2, 0) is 15.0 Å². The number of hydrogen-bond donors (Lipinski definition) is 0. The average molecular weight is 382 g/mol. The Morgan fingerprint density at radius 1 is 1.24 bits per heavy atom. The number of benzene rings is 2. The van der Waals surface area contributed by atoms with E-state index >= 15 is 0 Å². The van der Waals surface area contributed by atoms with Gasteiger partial charge in [-0.3, -0.25) is 4.79 Å². The number of azo groups is 1. The quantitative estimate of drug-likeness (QED) is 0.341. The molecule has 0 atom stereocenters. The number of rotatable bonds is 4. The maximum absolute atomic E-state index is 13.0. The molecule has 0 aromatic heterocycles. The lowest BCUT2D eigenvalue weighted by Crippen LogP contribution is -2.03. The molecular formula is C15H9ClFN3O4S. The van der Waals surface area contributed by atoms with E-state index in [4.69, 9.17) is 21.6 Å². The summed E-state index contributed by atoms with van der Waals surface area (Å²) < 4.78 is 39.6. The summed E-state index contributed by atoms with van der Waals surface area (Å²) >= 11 is 5.97. The molecule has 25 heavy (non-hydrogen) atoms. The molecule has 0 aliphatic heterocycles. The van der Waals surface area contributed by atoms with Gasteiger partial charge in [0.2, 0.25) is 0 Å². The van der Waals surface area contributed by atoms with Crippen molar-refractivity contribution in [3.8, 4) is 11.8 Å². The molecule has 0 aliphatic carbocycles. The lowest BCUT2D eigenvalue weighted by atomic mass is 10.2. The molecule has 0 saturated heterocycles. The first-order chi connectivity index (χ1) is 11.7. The highest BCUT2D eigenvalue weighted by molar-refractivity contribution is 7.86. The van der Waals surface area contributed by atoms with Gasteiger partial charge < -0.3 is 4.74 Å². The van der Waals surface area contributed by atoms with Crippen LogP contribution in [-0.4, -0.2) is 14.4 Å². The lowest BCUT2D eigenvalue weighted by molar-refractivity contribution is -0.131. The molecule has 0 amide bonds. The third kappa shape index (κ3) is 4.82. The van der Waals surface area contributed by atoms with Crippen LogP contribution in [0.3, 0.4) is 0 Å². The molecule has 0 saturated carbocycles. The van der Waals surface area contributed by atoms with Gasteiger partial charge in [0.15, 0.2) is 5.75 Å². The van der Waals surface area contributed by atoms with E-state index in [1.54, 1.807) is 0 Å². The molecule has 0 bridgehead atoms. The maximum atomic E-state index is 13.0. The summed E-state index contributed by atoms with van der Waals surface area (Å²) in [6.07, 6.45) is 0. The Kier molecular flexibility index (Phi) is 5.46. The van der Waals surface area contributed by atoms with Crippen molar-refractivity contribution < 1.29 is 21.8 Å². The number of carbonyl (C=O) groups is 1. The molecule has 0 N–H and O–H groups in total. The third-order valence-corrected chi connectivity index (χ3v) is 3.87. The minimum absolute atomic E-state index is 0.0247. The second-order valence-corrected chi connectivity index (χ2v) is 6.40. The van der Waals surface area contributed by atoms with Crippen LogP contribution in [0.5, 0.6) is 5.75 Å². The summed E-state index contributed by atoms with van der Waals surface area (Å²) in [5, 5.41) is 16.7. The zero-order valence-corrected chi connectivity index (χ0v) is 14.2. The van der Waals surface area contributed by atoms with Crippen molar-refractivity contribution in [2.45, 2.75) is 11.8 Å². The first-order valence-corrected chi connectivity index (χ1v) is 8.35. The van der Waals surface area contributed by atoms with Crippen molar-refractivity contribution in [1.82, 2.24) is 0 Å². The maximum Gasteiger partial charge on any atom is 0.332 e. The highest BCUT2D eigenvalue weighted by Gasteiger charge is 2.14. The van der Waals surface area contributed by atoms with E-state index in [1.807, 2.05) is 6.07 Å². The molecule has 0 spiro atoms. The van der Waals surface area contributed by atoms with Gasteiger partial charge >= 0.3 is 16.2 Å². The summed E-state index contributed by atoms with van der Waals surface area (Å²) in [5.74, 6) is -0.738. The van der Waals surface area contributed by atoms with Crippen LogP contribution in [0.25, 0.3) is 0 Å². The topological polar surface area (TPSA) is 109 Å². The van der Waals surface area contributed by atoms with Crippen LogP contribution in [0.2, 0.25) is 5.02 Å². The molecule has 128 valence electrons. The largest absolute Gasteiger partial charge is 0.424 e. The van der Waals surface area contributed by atoms with Crippen LogP contribution >= 0.6 is 11.6 Å². The van der Waals surface area contributed by atoms with Crippen LogP contribution in [0.15, 0.2) is 51.5 Å². The van der Waals surface area contributed by atoms with Gasteiger partial charge in [0, 0.05) is 6.92 Å². The minimum atomic E-state index is -4.86. The zero-order valence-electron chi connectivity index (χ0n) is 12.6. The Hall–Kier alpha value is -2.83. The average Bonchev–Trinajstić information content (AvgIpc) is 2.54. The lowest BCUT2D eigenvalue weighted by Gasteiger charge is -2.06. The van der Waals surface area contributed by atoms with Crippen molar-refractivity contribution in [3.63, 3.8) is 0 Å². The Bertz CT molecular complexity index is 1020. The van der Waals surface area contributed by atoms with Crippen molar-refractivity contribution in [3.05, 3.63) is 47.0 Å². The molecule has 2 rings (SSSR count). The van der Waals surface area contributed by atoms with Gasteiger partial charge in [-0.2, -0.15) is 23.9 Å². The van der Waals surface area contributed by atoms with Gasteiger partial charge in [-0.15, -0.1) is 3.89 Å². The third-order valence-electron chi connectivity index (χ3n) is 2.77. The summed E-state index contributed by atoms with van der Waals surface area (Å²) in [6.45, 7) is 1.16. The van der Waals surface area contributed by atoms with Gasteiger partial charge in [0.25, 0.3) is 0 Å². The Morgan fingerprint density at radius 2 is 1.92 bits per heavy atom. The van der Waals surface area contributed by atoms with Gasteiger partial charge in [-0.25, -0.2) is 0 Å². The predicted molar refractivity (Wildman–Crippen MR) is 86.4 cm³/mol. The van der Waals surface area contributed by atoms with Crippen LogP contribution in [0.1, 0.15) is 12.5 Å². The normalized spacial score (nSPS) is 11.3. The van der Waals surface area contributed by atoms with Gasteiger partial charge in [-0.1, -0.05) is 17.7 Å². The number of hydrogen-bond acceptors (Lipinski definition) is 7. The summed E-state index contributed by atoms with van der Waals surface area (Å²) in [7, 11) is -4.86. The van der Waals surface area contributed by atoms with Crippen LogP contribution in [0.4, 0.5) is 15.3 Å². The fourth-order valence-corrected chi connectivity index (χ4v) is 2.54. The SMILES string of the molecule is CC(=O)Oc1c(Cl)cc(N=Nc2cccc(S(=O)(=O)F)c2)cc1C#N. The summed E-state index contributed by atoms with van der Waals surface area (Å²) in [4.78, 5) is 10.5. The van der Waals surface area contributed by atoms with Gasteiger partial charge in [-0.05, 0) is 30.3 Å². The van der Waals surface area contributed by atoms with Gasteiger partial charge in [0.05, 0.1) is 22.0 Å². The van der Waals surface area contributed by atoms with Crippen LogP contribution in [0, 0.1) is 11.3 Å². The fourth-order valence-electron chi connectivity index (χ4n) is 1.78. The van der Waals surface area contributed by atoms with E-state index < -0.39 is 21.1 Å². The molecule has 0 heterocycles. The number of carbonyl (C=O) groups excluding carboxylic acids is 1. The smallest absolute Gasteiger partial charge is 0.332 e. The molecular weight excluding hydrogens is 373 g/mol. The number of nitrogens with zero attached hydrogens (tertiary/aromatic N) is 3. The molecule has 0 unspecified atom stereocenters. The minimum Gasteiger partial charge on any atom is -0.424 e. The van der Waals surface area contributed by atoms with Crippen LogP contribution < -0.4 is 4.74 Å². The molecule has 2 aromatic carbocycles. The summed E-state index contributed by atoms with van der Waals surface area (Å²) in [5.41, 5.74) is 0.208. The number of esters is 1. The number of nitriles is 1. The molecule has 2 aromatic rings. The number of halogens is 2. The highest BCUT2D eigenvalue weighted by Crippen LogP contribution is 2.34. The monoisotopic (exact) mass is 381 g/mol. The first kappa shape index (κ1) is 18.5. The molecule has 0 fully saturated rings. The zero-order chi connectivity index (χ0) is 18.6. The second-order valence-electron chi connectivity index (χ2n) is 4.64. The van der Waals surface area contributed by atoms with E-state index in [0.29, 0.717) is 0 Å². The molecule has 7 nitrogen and oxygen atoms in total. The van der Waals surface area contributed by atoms with Crippen molar-refractivity contribution in [2.24, 2.45) is 10.2 Å². The Labute approximate surface area is 147 Å². The van der Waals surface area contributed by atoms with E-state index in [0.717, 1.165) is 19.1 Å². The van der Waals surface area contributed by atoms with E-state index in [1.165, 1.54) is 24.3 Å². The van der Waals surface area contributed by atoms with Crippen molar-refractivity contribution >= 4 is 39.2 Å². The molecule has 10 heteroatoms. The van der Waals surface area contributed by atoms with E-state index in [-0.39, 0.29) is 27.7 Å². The van der Waals surface area contributed by atoms with E-state index in [9.17, 15) is 17.1 Å². The Morgan fingerprint density at radius 3 is 2.52 bits per heavy atom. The fraction of sp³-hybridized carbons (Fsp3) is 0.0667. The second kappa shape index (κ2) is 7.38. The first-order valence-electron chi connectivity index (χ1n) is 6.59. The predicted octanol–water partition coefficient (Wildman–Crippen LogP) is 4.21. The standard InChI is InChI=1S/C15H9ClFN3O4S/c1-9(21)24-15-10(8-18)5-12(7-14(15)16)20-19-11-3-2-4-13(6-11)25(17,22)23/h2-7H,1H3. The molecule has 0 aliphatic rings. The summed E-state index contributed by atoms with van der Waals surface area (Å²) in [6, 6.07) is 9.20. The Balaban J connectivity index is 2.38.